The number of rotatable bonds is 20. The van der Waals surface area contributed by atoms with E-state index in [1.807, 2.05) is 6.07 Å². The van der Waals surface area contributed by atoms with Crippen LogP contribution in [0.3, 0.4) is 0 Å². The van der Waals surface area contributed by atoms with Gasteiger partial charge in [-0.3, -0.25) is 9.45 Å². The Morgan fingerprint density at radius 2 is 1.46 bits per heavy atom. The number of hydrogen-bond donors (Lipinski definition) is 1. The molecule has 0 amide bonds. The van der Waals surface area contributed by atoms with Crippen molar-refractivity contribution < 1.29 is 21.9 Å². The van der Waals surface area contributed by atoms with Gasteiger partial charge in [0, 0.05) is 19.7 Å². The van der Waals surface area contributed by atoms with Crippen molar-refractivity contribution in [2.75, 3.05) is 26.4 Å². The maximum Gasteiger partial charge on any atom is 0.397 e. The SMILES string of the molecule is CCCCCCCCC(CCCCCC)COCC(COS(=O)(=O)O)N1CCc2ccccc2C1. The Morgan fingerprint density at radius 3 is 2.11 bits per heavy atom. The van der Waals surface area contributed by atoms with E-state index in [1.54, 1.807) is 0 Å². The monoisotopic (exact) mass is 511 g/mol. The Kier molecular flexibility index (Phi) is 15.1. The van der Waals surface area contributed by atoms with Crippen LogP contribution in [0.25, 0.3) is 0 Å². The zero-order valence-corrected chi connectivity index (χ0v) is 22.9. The van der Waals surface area contributed by atoms with Gasteiger partial charge in [-0.15, -0.1) is 0 Å². The van der Waals surface area contributed by atoms with Crippen molar-refractivity contribution in [2.45, 2.75) is 110 Å². The second-order valence-electron chi connectivity index (χ2n) is 10.2. The average Bonchev–Trinajstić information content (AvgIpc) is 2.84. The van der Waals surface area contributed by atoms with Crippen molar-refractivity contribution in [1.29, 1.82) is 0 Å². The van der Waals surface area contributed by atoms with Gasteiger partial charge in [0.1, 0.15) is 0 Å². The number of fused-ring (bicyclic) bond motifs is 1. The summed E-state index contributed by atoms with van der Waals surface area (Å²) in [6.07, 6.45) is 16.2. The second kappa shape index (κ2) is 17.5. The van der Waals surface area contributed by atoms with Gasteiger partial charge in [0.15, 0.2) is 0 Å². The Bertz CT molecular complexity index is 785. The minimum atomic E-state index is -4.48. The molecule has 202 valence electrons. The van der Waals surface area contributed by atoms with Crippen molar-refractivity contribution in [3.8, 4) is 0 Å². The van der Waals surface area contributed by atoms with Crippen LogP contribution in [-0.4, -0.2) is 50.3 Å². The Balaban J connectivity index is 1.88. The van der Waals surface area contributed by atoms with E-state index in [9.17, 15) is 8.42 Å². The molecule has 35 heavy (non-hydrogen) atoms. The third-order valence-corrected chi connectivity index (χ3v) is 7.62. The van der Waals surface area contributed by atoms with E-state index in [4.69, 9.17) is 13.5 Å². The minimum absolute atomic E-state index is 0.0976. The van der Waals surface area contributed by atoms with Crippen molar-refractivity contribution >= 4 is 10.4 Å². The summed E-state index contributed by atoms with van der Waals surface area (Å²) >= 11 is 0. The van der Waals surface area contributed by atoms with E-state index >= 15 is 0 Å². The molecule has 0 spiro atoms. The molecule has 7 heteroatoms. The summed E-state index contributed by atoms with van der Waals surface area (Å²) in [5.74, 6) is 0.545. The van der Waals surface area contributed by atoms with Gasteiger partial charge in [0.2, 0.25) is 0 Å². The lowest BCUT2D eigenvalue weighted by Crippen LogP contribution is -2.45. The van der Waals surface area contributed by atoms with Crippen molar-refractivity contribution in [3.05, 3.63) is 35.4 Å². The normalized spacial score (nSPS) is 16.2. The summed E-state index contributed by atoms with van der Waals surface area (Å²) in [7, 11) is -4.48. The smallest absolute Gasteiger partial charge is 0.379 e. The topological polar surface area (TPSA) is 76.1 Å². The Labute approximate surface area is 214 Å². The summed E-state index contributed by atoms with van der Waals surface area (Å²) in [5, 5.41) is 0. The summed E-state index contributed by atoms with van der Waals surface area (Å²) in [4.78, 5) is 2.22. The molecular weight excluding hydrogens is 462 g/mol. The van der Waals surface area contributed by atoms with Gasteiger partial charge in [-0.1, -0.05) is 102 Å². The fourth-order valence-electron chi connectivity index (χ4n) is 5.01. The average molecular weight is 512 g/mol. The van der Waals surface area contributed by atoms with E-state index in [2.05, 4.69) is 36.9 Å². The molecule has 0 saturated heterocycles. The number of hydrogen-bond acceptors (Lipinski definition) is 5. The quantitative estimate of drug-likeness (QED) is 0.157. The van der Waals surface area contributed by atoms with Gasteiger partial charge in [-0.05, 0) is 36.3 Å². The summed E-state index contributed by atoms with van der Waals surface area (Å²) in [5.41, 5.74) is 2.60. The van der Waals surface area contributed by atoms with E-state index in [-0.39, 0.29) is 12.6 Å². The van der Waals surface area contributed by atoms with Gasteiger partial charge >= 0.3 is 10.4 Å². The molecule has 1 N–H and O–H groups in total. The second-order valence-corrected chi connectivity index (χ2v) is 11.3. The molecule has 0 aromatic heterocycles. The molecule has 0 bridgehead atoms. The third-order valence-electron chi connectivity index (χ3n) is 7.18. The lowest BCUT2D eigenvalue weighted by molar-refractivity contribution is 0.0137. The first-order chi connectivity index (χ1) is 16.9. The maximum absolute atomic E-state index is 11.3. The van der Waals surface area contributed by atoms with E-state index < -0.39 is 10.4 Å². The van der Waals surface area contributed by atoms with Crippen molar-refractivity contribution in [1.82, 2.24) is 4.90 Å². The predicted octanol–water partition coefficient (Wildman–Crippen LogP) is 6.59. The number of unbranched alkanes of at least 4 members (excludes halogenated alkanes) is 8. The first-order valence-electron chi connectivity index (χ1n) is 13.9. The molecule has 0 aliphatic carbocycles. The van der Waals surface area contributed by atoms with Gasteiger partial charge in [0.25, 0.3) is 0 Å². The molecule has 1 aliphatic rings. The first kappa shape index (κ1) is 30.2. The lowest BCUT2D eigenvalue weighted by atomic mass is 9.95. The van der Waals surface area contributed by atoms with Gasteiger partial charge in [-0.2, -0.15) is 8.42 Å². The van der Waals surface area contributed by atoms with Crippen LogP contribution in [-0.2, 0) is 32.3 Å². The Morgan fingerprint density at radius 1 is 0.857 bits per heavy atom. The van der Waals surface area contributed by atoms with Crippen molar-refractivity contribution in [2.24, 2.45) is 5.92 Å². The molecule has 0 fully saturated rings. The van der Waals surface area contributed by atoms with Crippen LogP contribution in [0.2, 0.25) is 0 Å². The van der Waals surface area contributed by atoms with Crippen LogP contribution in [0.15, 0.2) is 24.3 Å². The maximum atomic E-state index is 11.3. The molecule has 0 saturated carbocycles. The van der Waals surface area contributed by atoms with E-state index in [1.165, 1.54) is 88.2 Å². The van der Waals surface area contributed by atoms with E-state index in [0.29, 0.717) is 19.1 Å². The standard InChI is InChI=1S/C28H49NO5S/c1-3-5-7-9-10-12-16-25(15-11-8-6-4-2)22-33-23-28(24-34-35(30,31)32)29-20-19-26-17-13-14-18-27(26)21-29/h13-14,17-18,25,28H,3-12,15-16,19-24H2,1-2H3,(H,30,31,32). The largest absolute Gasteiger partial charge is 0.397 e. The fourth-order valence-corrected chi connectivity index (χ4v) is 5.34. The Hall–Kier alpha value is -0.990. The highest BCUT2D eigenvalue weighted by molar-refractivity contribution is 7.80. The number of ether oxygens (including phenoxy) is 1. The molecule has 0 radical (unpaired) electrons. The zero-order chi connectivity index (χ0) is 25.4. The van der Waals surface area contributed by atoms with Crippen LogP contribution in [0.1, 0.15) is 102 Å². The molecule has 6 nitrogen and oxygen atoms in total. The zero-order valence-electron chi connectivity index (χ0n) is 22.1. The minimum Gasteiger partial charge on any atom is -0.379 e. The van der Waals surface area contributed by atoms with Crippen LogP contribution in [0.4, 0.5) is 0 Å². The highest BCUT2D eigenvalue weighted by Gasteiger charge is 2.26. The molecular formula is C28H49NO5S. The molecule has 1 aliphatic heterocycles. The predicted molar refractivity (Wildman–Crippen MR) is 143 cm³/mol. The number of nitrogens with zero attached hydrogens (tertiary/aromatic N) is 1. The molecule has 2 rings (SSSR count). The van der Waals surface area contributed by atoms with Crippen LogP contribution in [0.5, 0.6) is 0 Å². The number of benzene rings is 1. The lowest BCUT2D eigenvalue weighted by Gasteiger charge is -2.35. The summed E-state index contributed by atoms with van der Waals surface area (Å²) in [6.45, 7) is 7.05. The molecule has 1 heterocycles. The van der Waals surface area contributed by atoms with Gasteiger partial charge in [0.05, 0.1) is 19.3 Å². The van der Waals surface area contributed by atoms with Gasteiger partial charge < -0.3 is 4.74 Å². The van der Waals surface area contributed by atoms with Crippen molar-refractivity contribution in [3.63, 3.8) is 0 Å². The van der Waals surface area contributed by atoms with Crippen LogP contribution < -0.4 is 0 Å². The summed E-state index contributed by atoms with van der Waals surface area (Å²) in [6, 6.07) is 8.14. The van der Waals surface area contributed by atoms with Crippen LogP contribution in [0, 0.1) is 5.92 Å². The van der Waals surface area contributed by atoms with Gasteiger partial charge in [-0.25, -0.2) is 4.18 Å². The van der Waals surface area contributed by atoms with E-state index in [0.717, 1.165) is 19.5 Å². The molecule has 1 aromatic rings. The molecule has 1 aromatic carbocycles. The molecule has 2 unspecified atom stereocenters. The first-order valence-corrected chi connectivity index (χ1v) is 15.3. The summed E-state index contributed by atoms with van der Waals surface area (Å²) < 4.78 is 42.7. The fraction of sp³-hybridized carbons (Fsp3) is 0.786. The highest BCUT2D eigenvalue weighted by Crippen LogP contribution is 2.22. The third kappa shape index (κ3) is 13.2. The molecule has 2 atom stereocenters. The highest BCUT2D eigenvalue weighted by atomic mass is 32.3. The van der Waals surface area contributed by atoms with Crippen LogP contribution >= 0.6 is 0 Å².